The Morgan fingerprint density at radius 1 is 1.26 bits per heavy atom. The Morgan fingerprint density at radius 3 is 2.52 bits per heavy atom. The molecule has 27 heavy (non-hydrogen) atoms. The molecule has 150 valence electrons. The lowest BCUT2D eigenvalue weighted by atomic mass is 9.42. The molecule has 0 radical (unpaired) electrons. The van der Waals surface area contributed by atoms with Crippen LogP contribution in [0.2, 0.25) is 0 Å². The Morgan fingerprint density at radius 2 is 1.93 bits per heavy atom. The van der Waals surface area contributed by atoms with Crippen molar-refractivity contribution in [2.45, 2.75) is 59.0 Å². The first-order valence-corrected chi connectivity index (χ1v) is 9.81. The number of methoxy groups -OCH3 is 1. The summed E-state index contributed by atoms with van der Waals surface area (Å²) in [5.74, 6) is -2.64. The maximum Gasteiger partial charge on any atom is 0.328 e. The fraction of sp³-hybridized carbons (Fsp3) is 0.762. The zero-order valence-corrected chi connectivity index (χ0v) is 16.5. The molecule has 7 atom stereocenters. The molecule has 0 aromatic rings. The van der Waals surface area contributed by atoms with Crippen LogP contribution in [0.4, 0.5) is 0 Å². The average molecular weight is 378 g/mol. The number of ether oxygens (including phenoxy) is 1. The van der Waals surface area contributed by atoms with Gasteiger partial charge < -0.3 is 14.9 Å². The molecule has 3 fully saturated rings. The van der Waals surface area contributed by atoms with Crippen molar-refractivity contribution in [1.29, 1.82) is 0 Å². The van der Waals surface area contributed by atoms with E-state index in [4.69, 9.17) is 9.84 Å². The number of Topliss-reactive ketones (excluding diaryl/α,β-unsaturated/α-hetero) is 1. The number of aliphatic hydroxyl groups is 1. The lowest BCUT2D eigenvalue weighted by Gasteiger charge is -2.61. The Hall–Kier alpha value is -1.69. The van der Waals surface area contributed by atoms with Gasteiger partial charge in [-0.05, 0) is 49.9 Å². The molecule has 2 N–H and O–H groups in total. The summed E-state index contributed by atoms with van der Waals surface area (Å²) in [6.45, 7) is 5.79. The third kappa shape index (κ3) is 2.84. The van der Waals surface area contributed by atoms with Crippen LogP contribution in [0, 0.1) is 34.5 Å². The van der Waals surface area contributed by atoms with Gasteiger partial charge in [0.15, 0.2) is 5.78 Å². The van der Waals surface area contributed by atoms with Gasteiger partial charge in [-0.15, -0.1) is 0 Å². The van der Waals surface area contributed by atoms with E-state index in [2.05, 4.69) is 6.92 Å². The molecule has 0 aliphatic heterocycles. The van der Waals surface area contributed by atoms with Crippen molar-refractivity contribution >= 4 is 17.7 Å². The van der Waals surface area contributed by atoms with E-state index in [1.807, 2.05) is 6.92 Å². The van der Waals surface area contributed by atoms with E-state index in [9.17, 15) is 19.5 Å². The third-order valence-corrected chi connectivity index (χ3v) is 7.83. The number of fused-ring (bicyclic) bond motifs is 3. The lowest BCUT2D eigenvalue weighted by molar-refractivity contribution is -0.193. The van der Waals surface area contributed by atoms with Crippen LogP contribution in [-0.4, -0.2) is 41.1 Å². The number of esters is 1. The van der Waals surface area contributed by atoms with Gasteiger partial charge in [0.2, 0.25) is 0 Å². The van der Waals surface area contributed by atoms with Crippen molar-refractivity contribution in [2.75, 3.05) is 7.11 Å². The lowest BCUT2D eigenvalue weighted by Crippen LogP contribution is -2.65. The van der Waals surface area contributed by atoms with Gasteiger partial charge in [-0.25, -0.2) is 4.79 Å². The maximum atomic E-state index is 13.3. The minimum Gasteiger partial charge on any atom is -0.478 e. The number of allylic oxidation sites excluding steroid dienone is 1. The summed E-state index contributed by atoms with van der Waals surface area (Å²) in [6, 6.07) is 0. The number of carboxylic acid groups (broad SMARTS) is 1. The molecule has 3 aliphatic rings. The Bertz CT molecular complexity index is 697. The van der Waals surface area contributed by atoms with E-state index < -0.39 is 28.8 Å². The molecule has 0 saturated heterocycles. The highest BCUT2D eigenvalue weighted by Crippen LogP contribution is 2.64. The van der Waals surface area contributed by atoms with Crippen molar-refractivity contribution < 1.29 is 29.3 Å². The van der Waals surface area contributed by atoms with Gasteiger partial charge >= 0.3 is 11.9 Å². The molecule has 3 rings (SSSR count). The molecular weight excluding hydrogens is 348 g/mol. The molecule has 3 saturated carbocycles. The molecule has 7 unspecified atom stereocenters. The molecule has 6 nitrogen and oxygen atoms in total. The van der Waals surface area contributed by atoms with Crippen LogP contribution in [-0.2, 0) is 19.1 Å². The minimum atomic E-state index is -1.18. The van der Waals surface area contributed by atoms with Crippen molar-refractivity contribution in [1.82, 2.24) is 0 Å². The fourth-order valence-electron chi connectivity index (χ4n) is 6.67. The van der Waals surface area contributed by atoms with Crippen LogP contribution in [0.15, 0.2) is 11.6 Å². The first-order chi connectivity index (χ1) is 12.6. The van der Waals surface area contributed by atoms with Crippen LogP contribution in [0.25, 0.3) is 0 Å². The van der Waals surface area contributed by atoms with Crippen molar-refractivity contribution in [3.8, 4) is 0 Å². The summed E-state index contributed by atoms with van der Waals surface area (Å²) in [4.78, 5) is 37.1. The first kappa shape index (κ1) is 20.1. The number of hydrogen-bond acceptors (Lipinski definition) is 5. The molecule has 0 spiro atoms. The Labute approximate surface area is 160 Å². The van der Waals surface area contributed by atoms with E-state index >= 15 is 0 Å². The Balaban J connectivity index is 2.06. The highest BCUT2D eigenvalue weighted by atomic mass is 16.5. The average Bonchev–Trinajstić information content (AvgIpc) is 2.60. The van der Waals surface area contributed by atoms with Crippen LogP contribution < -0.4 is 0 Å². The second-order valence-corrected chi connectivity index (χ2v) is 9.12. The van der Waals surface area contributed by atoms with E-state index in [0.717, 1.165) is 24.8 Å². The van der Waals surface area contributed by atoms with Gasteiger partial charge in [-0.2, -0.15) is 0 Å². The van der Waals surface area contributed by atoms with E-state index in [-0.39, 0.29) is 29.5 Å². The summed E-state index contributed by atoms with van der Waals surface area (Å²) in [6.07, 6.45) is 3.66. The zero-order chi connectivity index (χ0) is 20.1. The third-order valence-electron chi connectivity index (χ3n) is 7.83. The number of rotatable bonds is 2. The van der Waals surface area contributed by atoms with Gasteiger partial charge in [-0.1, -0.05) is 25.8 Å². The van der Waals surface area contributed by atoms with Crippen LogP contribution in [0.3, 0.4) is 0 Å². The van der Waals surface area contributed by atoms with Gasteiger partial charge in [0.05, 0.1) is 12.5 Å². The molecule has 0 aromatic heterocycles. The molecule has 0 heterocycles. The SMILES string of the molecule is COC(=O)C1(C)CCCC2(C)C3CCC(=CC(=O)O)C(C)C3C(O)C(=O)C12. The van der Waals surface area contributed by atoms with Crippen molar-refractivity contribution in [2.24, 2.45) is 34.5 Å². The van der Waals surface area contributed by atoms with E-state index in [1.54, 1.807) is 6.92 Å². The normalized spacial score (nSPS) is 45.7. The number of carbonyl (C=O) groups excluding carboxylic acids is 2. The van der Waals surface area contributed by atoms with Gasteiger partial charge in [0, 0.05) is 17.9 Å². The molecule has 6 heteroatoms. The smallest absolute Gasteiger partial charge is 0.328 e. The predicted octanol–water partition coefficient (Wildman–Crippen LogP) is 2.59. The molecule has 3 aliphatic carbocycles. The minimum absolute atomic E-state index is 0.0698. The first-order valence-electron chi connectivity index (χ1n) is 9.81. The highest BCUT2D eigenvalue weighted by Gasteiger charge is 2.66. The predicted molar refractivity (Wildman–Crippen MR) is 97.7 cm³/mol. The summed E-state index contributed by atoms with van der Waals surface area (Å²) in [5, 5.41) is 20.1. The van der Waals surface area contributed by atoms with Gasteiger partial charge in [-0.3, -0.25) is 9.59 Å². The van der Waals surface area contributed by atoms with Crippen molar-refractivity contribution in [3.05, 3.63) is 11.6 Å². The summed E-state index contributed by atoms with van der Waals surface area (Å²) < 4.78 is 5.04. The van der Waals surface area contributed by atoms with Crippen molar-refractivity contribution in [3.63, 3.8) is 0 Å². The van der Waals surface area contributed by atoms with Crippen LogP contribution >= 0.6 is 0 Å². The molecular formula is C21H30O6. The molecule has 0 bridgehead atoms. The Kier molecular flexibility index (Phi) is 5.00. The number of carbonyl (C=O) groups is 3. The zero-order valence-electron chi connectivity index (χ0n) is 16.5. The topological polar surface area (TPSA) is 101 Å². The quantitative estimate of drug-likeness (QED) is 0.566. The number of ketones is 1. The van der Waals surface area contributed by atoms with Crippen LogP contribution in [0.5, 0.6) is 0 Å². The molecule has 0 aromatic carbocycles. The van der Waals surface area contributed by atoms with Gasteiger partial charge in [0.25, 0.3) is 0 Å². The highest BCUT2D eigenvalue weighted by molar-refractivity contribution is 5.93. The second-order valence-electron chi connectivity index (χ2n) is 9.12. The standard InChI is InChI=1S/C21H30O6/c1-11-12(10-14(22)23)6-7-13-15(11)16(24)17(25)18-20(13,2)8-5-9-21(18,3)19(26)27-4/h10-11,13,15-16,18,24H,5-9H2,1-4H3,(H,22,23). The molecule has 0 amide bonds. The second kappa shape index (κ2) is 6.73. The van der Waals surface area contributed by atoms with Gasteiger partial charge in [0.1, 0.15) is 6.10 Å². The van der Waals surface area contributed by atoms with E-state index in [0.29, 0.717) is 12.8 Å². The number of hydrogen-bond donors (Lipinski definition) is 2. The summed E-state index contributed by atoms with van der Waals surface area (Å²) in [5.41, 5.74) is -0.541. The van der Waals surface area contributed by atoms with E-state index in [1.165, 1.54) is 13.2 Å². The summed E-state index contributed by atoms with van der Waals surface area (Å²) >= 11 is 0. The fourth-order valence-corrected chi connectivity index (χ4v) is 6.67. The monoisotopic (exact) mass is 378 g/mol. The number of aliphatic carboxylic acids is 1. The number of carboxylic acids is 1. The largest absolute Gasteiger partial charge is 0.478 e. The number of aliphatic hydroxyl groups excluding tert-OH is 1. The maximum absolute atomic E-state index is 13.3. The van der Waals surface area contributed by atoms with Crippen LogP contribution in [0.1, 0.15) is 52.9 Å². The summed E-state index contributed by atoms with van der Waals surface area (Å²) in [7, 11) is 1.34.